The van der Waals surface area contributed by atoms with E-state index in [1.807, 2.05) is 6.92 Å². The van der Waals surface area contributed by atoms with Gasteiger partial charge in [0.1, 0.15) is 16.8 Å². The third-order valence-electron chi connectivity index (χ3n) is 2.19. The van der Waals surface area contributed by atoms with E-state index in [4.69, 9.17) is 34.8 Å². The summed E-state index contributed by atoms with van der Waals surface area (Å²) in [5, 5.41) is 4.61. The van der Waals surface area contributed by atoms with Crippen LogP contribution in [0.15, 0.2) is 24.3 Å². The van der Waals surface area contributed by atoms with Crippen molar-refractivity contribution in [3.05, 3.63) is 45.3 Å². The Bertz CT molecular complexity index is 552. The molecule has 0 bridgehead atoms. The van der Waals surface area contributed by atoms with E-state index in [1.165, 1.54) is 0 Å². The van der Waals surface area contributed by atoms with Crippen molar-refractivity contribution in [2.24, 2.45) is 0 Å². The first kappa shape index (κ1) is 13.4. The van der Waals surface area contributed by atoms with E-state index in [2.05, 4.69) is 15.3 Å². The summed E-state index contributed by atoms with van der Waals surface area (Å²) in [6.07, 6.45) is 0.714. The summed E-state index contributed by atoms with van der Waals surface area (Å²) in [5.74, 6) is 1.29. The largest absolute Gasteiger partial charge is 0.340 e. The zero-order chi connectivity index (χ0) is 13.1. The molecule has 0 unspecified atom stereocenters. The second kappa shape index (κ2) is 5.74. The minimum atomic E-state index is 0.400. The normalized spacial score (nSPS) is 10.4. The molecule has 0 spiro atoms. The minimum absolute atomic E-state index is 0.400. The van der Waals surface area contributed by atoms with Gasteiger partial charge in [-0.05, 0) is 18.2 Å². The summed E-state index contributed by atoms with van der Waals surface area (Å²) in [4.78, 5) is 8.41. The molecule has 0 saturated carbocycles. The fraction of sp³-hybridized carbons (Fsp3) is 0.167. The number of hydrogen-bond donors (Lipinski definition) is 1. The molecule has 0 radical (unpaired) electrons. The molecule has 1 aromatic carbocycles. The van der Waals surface area contributed by atoms with Gasteiger partial charge in [-0.15, -0.1) is 0 Å². The number of rotatable bonds is 3. The van der Waals surface area contributed by atoms with Gasteiger partial charge in [0.15, 0.2) is 0 Å². The molecule has 0 amide bonds. The molecular formula is C12H10Cl3N3. The Morgan fingerprint density at radius 1 is 1.00 bits per heavy atom. The Labute approximate surface area is 120 Å². The average molecular weight is 303 g/mol. The molecule has 0 aliphatic rings. The van der Waals surface area contributed by atoms with Crippen LogP contribution >= 0.6 is 34.8 Å². The molecule has 18 heavy (non-hydrogen) atoms. The Balaban J connectivity index is 2.30. The van der Waals surface area contributed by atoms with Gasteiger partial charge >= 0.3 is 0 Å². The second-order valence-electron chi connectivity index (χ2n) is 3.63. The van der Waals surface area contributed by atoms with Gasteiger partial charge in [0.05, 0.1) is 0 Å². The Morgan fingerprint density at radius 3 is 2.28 bits per heavy atom. The van der Waals surface area contributed by atoms with Crippen molar-refractivity contribution >= 4 is 46.3 Å². The molecule has 2 aromatic rings. The zero-order valence-electron chi connectivity index (χ0n) is 9.54. The summed E-state index contributed by atoms with van der Waals surface area (Å²) in [5.41, 5.74) is 0.754. The quantitative estimate of drug-likeness (QED) is 0.832. The van der Waals surface area contributed by atoms with E-state index in [-0.39, 0.29) is 0 Å². The monoisotopic (exact) mass is 301 g/mol. The first-order valence-electron chi connectivity index (χ1n) is 5.33. The fourth-order valence-electron chi connectivity index (χ4n) is 1.46. The zero-order valence-corrected chi connectivity index (χ0v) is 11.8. The van der Waals surface area contributed by atoms with E-state index in [1.54, 1.807) is 24.3 Å². The van der Waals surface area contributed by atoms with Gasteiger partial charge in [0.25, 0.3) is 0 Å². The third kappa shape index (κ3) is 3.48. The lowest BCUT2D eigenvalue weighted by molar-refractivity contribution is 0.943. The molecule has 0 atom stereocenters. The van der Waals surface area contributed by atoms with E-state index in [0.29, 0.717) is 33.3 Å². The van der Waals surface area contributed by atoms with Crippen molar-refractivity contribution in [3.8, 4) is 0 Å². The Hall–Kier alpha value is -1.03. The van der Waals surface area contributed by atoms with Crippen LogP contribution in [0.2, 0.25) is 15.2 Å². The third-order valence-corrected chi connectivity index (χ3v) is 2.82. The smallest absolute Gasteiger partial charge is 0.135 e. The van der Waals surface area contributed by atoms with Crippen LogP contribution in [0.4, 0.5) is 11.5 Å². The van der Waals surface area contributed by atoms with Crippen LogP contribution in [0, 0.1) is 0 Å². The van der Waals surface area contributed by atoms with Gasteiger partial charge < -0.3 is 5.32 Å². The van der Waals surface area contributed by atoms with Crippen molar-refractivity contribution in [2.45, 2.75) is 13.3 Å². The molecule has 6 heteroatoms. The Morgan fingerprint density at radius 2 is 1.67 bits per heavy atom. The number of aromatic nitrogens is 2. The highest BCUT2D eigenvalue weighted by molar-refractivity contribution is 6.35. The molecule has 0 fully saturated rings. The van der Waals surface area contributed by atoms with Gasteiger partial charge in [-0.25, -0.2) is 9.97 Å². The summed E-state index contributed by atoms with van der Waals surface area (Å²) in [6, 6.07) is 6.83. The molecule has 0 aliphatic carbocycles. The van der Waals surface area contributed by atoms with E-state index < -0.39 is 0 Å². The standard InChI is InChI=1S/C12H10Cl3N3/c1-2-11-17-10(15)6-12(18-11)16-9-4-7(13)3-8(14)5-9/h3-6H,2H2,1H3,(H,16,17,18). The van der Waals surface area contributed by atoms with Crippen LogP contribution in [0.3, 0.4) is 0 Å². The van der Waals surface area contributed by atoms with Gasteiger partial charge in [-0.1, -0.05) is 41.7 Å². The summed E-state index contributed by atoms with van der Waals surface area (Å²) < 4.78 is 0. The van der Waals surface area contributed by atoms with Crippen LogP contribution in [0.25, 0.3) is 0 Å². The molecular weight excluding hydrogens is 293 g/mol. The molecule has 0 saturated heterocycles. The van der Waals surface area contributed by atoms with Crippen molar-refractivity contribution in [3.63, 3.8) is 0 Å². The minimum Gasteiger partial charge on any atom is -0.340 e. The number of nitrogens with zero attached hydrogens (tertiary/aromatic N) is 2. The van der Waals surface area contributed by atoms with Crippen LogP contribution in [-0.2, 0) is 6.42 Å². The highest BCUT2D eigenvalue weighted by Crippen LogP contribution is 2.25. The highest BCUT2D eigenvalue weighted by Gasteiger charge is 2.04. The molecule has 1 N–H and O–H groups in total. The predicted octanol–water partition coefficient (Wildman–Crippen LogP) is 4.74. The fourth-order valence-corrected chi connectivity index (χ4v) is 2.19. The molecule has 0 aliphatic heterocycles. The number of anilines is 2. The SMILES string of the molecule is CCc1nc(Cl)cc(Nc2cc(Cl)cc(Cl)c2)n1. The van der Waals surface area contributed by atoms with Crippen molar-refractivity contribution in [1.29, 1.82) is 0 Å². The Kier molecular flexibility index (Phi) is 4.27. The molecule has 94 valence electrons. The maximum absolute atomic E-state index is 5.92. The summed E-state index contributed by atoms with van der Waals surface area (Å²) in [7, 11) is 0. The van der Waals surface area contributed by atoms with Gasteiger partial charge in [0, 0.05) is 28.2 Å². The van der Waals surface area contributed by atoms with E-state index in [9.17, 15) is 0 Å². The van der Waals surface area contributed by atoms with Gasteiger partial charge in [-0.3, -0.25) is 0 Å². The van der Waals surface area contributed by atoms with Crippen LogP contribution in [0.1, 0.15) is 12.7 Å². The van der Waals surface area contributed by atoms with Crippen molar-refractivity contribution in [1.82, 2.24) is 9.97 Å². The first-order valence-corrected chi connectivity index (χ1v) is 6.47. The average Bonchev–Trinajstić information content (AvgIpc) is 2.26. The molecule has 2 rings (SSSR count). The lowest BCUT2D eigenvalue weighted by Crippen LogP contribution is -1.99. The van der Waals surface area contributed by atoms with Gasteiger partial charge in [0.2, 0.25) is 0 Å². The number of aryl methyl sites for hydroxylation is 1. The first-order chi connectivity index (χ1) is 8.56. The van der Waals surface area contributed by atoms with Crippen molar-refractivity contribution in [2.75, 3.05) is 5.32 Å². The predicted molar refractivity (Wildman–Crippen MR) is 76.2 cm³/mol. The number of nitrogens with one attached hydrogen (secondary N) is 1. The number of benzene rings is 1. The van der Waals surface area contributed by atoms with Crippen LogP contribution in [0.5, 0.6) is 0 Å². The second-order valence-corrected chi connectivity index (χ2v) is 4.89. The number of halogens is 3. The molecule has 1 heterocycles. The number of hydrogen-bond acceptors (Lipinski definition) is 3. The molecule has 3 nitrogen and oxygen atoms in total. The summed E-state index contributed by atoms with van der Waals surface area (Å²) in [6.45, 7) is 1.96. The van der Waals surface area contributed by atoms with E-state index in [0.717, 1.165) is 5.69 Å². The highest BCUT2D eigenvalue weighted by atomic mass is 35.5. The molecule has 1 aromatic heterocycles. The summed E-state index contributed by atoms with van der Waals surface area (Å²) >= 11 is 17.8. The van der Waals surface area contributed by atoms with Crippen LogP contribution in [-0.4, -0.2) is 9.97 Å². The topological polar surface area (TPSA) is 37.8 Å². The lowest BCUT2D eigenvalue weighted by atomic mass is 10.3. The maximum atomic E-state index is 5.92. The lowest BCUT2D eigenvalue weighted by Gasteiger charge is -2.08. The van der Waals surface area contributed by atoms with E-state index >= 15 is 0 Å². The maximum Gasteiger partial charge on any atom is 0.135 e. The van der Waals surface area contributed by atoms with Crippen molar-refractivity contribution < 1.29 is 0 Å². The van der Waals surface area contributed by atoms with Crippen LogP contribution < -0.4 is 5.32 Å². The van der Waals surface area contributed by atoms with Gasteiger partial charge in [-0.2, -0.15) is 0 Å².